The van der Waals surface area contributed by atoms with Gasteiger partial charge in [0.2, 0.25) is 0 Å². The van der Waals surface area contributed by atoms with Crippen molar-refractivity contribution in [2.75, 3.05) is 13.6 Å². The van der Waals surface area contributed by atoms with Gasteiger partial charge < -0.3 is 10.6 Å². The highest BCUT2D eigenvalue weighted by Gasteiger charge is 2.08. The minimum atomic E-state index is 0.387. The Kier molecular flexibility index (Phi) is 5.86. The van der Waals surface area contributed by atoms with Crippen molar-refractivity contribution in [2.24, 2.45) is 10.9 Å². The maximum Gasteiger partial charge on any atom is 0.191 e. The van der Waals surface area contributed by atoms with E-state index in [1.807, 2.05) is 6.92 Å². The first-order valence-electron chi connectivity index (χ1n) is 6.90. The summed E-state index contributed by atoms with van der Waals surface area (Å²) in [6.45, 7) is 12.3. The molecule has 1 rings (SSSR count). The molecule has 2 N–H and O–H groups in total. The van der Waals surface area contributed by atoms with E-state index in [-0.39, 0.29) is 0 Å². The Hall–Kier alpha value is -1.52. The topological polar surface area (TPSA) is 54.2 Å². The van der Waals surface area contributed by atoms with Gasteiger partial charge in [-0.2, -0.15) is 5.10 Å². The Morgan fingerprint density at radius 3 is 2.53 bits per heavy atom. The lowest BCUT2D eigenvalue weighted by molar-refractivity contribution is 0.435. The van der Waals surface area contributed by atoms with Gasteiger partial charge in [0.25, 0.3) is 0 Å². The number of nitrogens with one attached hydrogen (secondary N) is 2. The number of aromatic nitrogens is 2. The van der Waals surface area contributed by atoms with Crippen LogP contribution in [-0.2, 0) is 6.54 Å². The Morgan fingerprint density at radius 2 is 2.05 bits per heavy atom. The fourth-order valence-corrected chi connectivity index (χ4v) is 1.96. The number of aryl methyl sites for hydroxylation is 2. The van der Waals surface area contributed by atoms with Gasteiger partial charge in [-0.05, 0) is 39.7 Å². The van der Waals surface area contributed by atoms with Crippen LogP contribution < -0.4 is 10.6 Å². The monoisotopic (exact) mass is 265 g/mol. The van der Waals surface area contributed by atoms with Gasteiger partial charge in [-0.25, -0.2) is 0 Å². The van der Waals surface area contributed by atoms with Gasteiger partial charge in [0, 0.05) is 31.9 Å². The van der Waals surface area contributed by atoms with Gasteiger partial charge in [0.1, 0.15) is 0 Å². The van der Waals surface area contributed by atoms with Crippen LogP contribution in [0.5, 0.6) is 0 Å². The van der Waals surface area contributed by atoms with E-state index >= 15 is 0 Å². The second kappa shape index (κ2) is 7.16. The van der Waals surface area contributed by atoms with Gasteiger partial charge in [-0.15, -0.1) is 0 Å². The zero-order valence-corrected chi connectivity index (χ0v) is 13.0. The van der Waals surface area contributed by atoms with Gasteiger partial charge >= 0.3 is 0 Å². The molecule has 1 heterocycles. The first-order chi connectivity index (χ1) is 8.92. The third-order valence-electron chi connectivity index (χ3n) is 2.85. The SMILES string of the molecule is CN=C(NCC(C)Cn1nc(C)cc1C)NC(C)C. The van der Waals surface area contributed by atoms with E-state index in [0.717, 1.165) is 24.7 Å². The number of guanidine groups is 1. The molecular weight excluding hydrogens is 238 g/mol. The van der Waals surface area contributed by atoms with E-state index in [1.165, 1.54) is 5.69 Å². The van der Waals surface area contributed by atoms with Crippen LogP contribution in [-0.4, -0.2) is 35.4 Å². The van der Waals surface area contributed by atoms with E-state index in [9.17, 15) is 0 Å². The number of nitrogens with zero attached hydrogens (tertiary/aromatic N) is 3. The third kappa shape index (κ3) is 5.32. The van der Waals surface area contributed by atoms with E-state index < -0.39 is 0 Å². The van der Waals surface area contributed by atoms with Crippen molar-refractivity contribution in [1.82, 2.24) is 20.4 Å². The molecule has 0 aliphatic carbocycles. The first kappa shape index (κ1) is 15.5. The standard InChI is InChI=1S/C14H27N5/c1-10(2)17-14(15-6)16-8-11(3)9-19-13(5)7-12(4)18-19/h7,10-11H,8-9H2,1-6H3,(H2,15,16,17). The summed E-state index contributed by atoms with van der Waals surface area (Å²) >= 11 is 0. The predicted octanol–water partition coefficient (Wildman–Crippen LogP) is 1.71. The van der Waals surface area contributed by atoms with E-state index in [0.29, 0.717) is 12.0 Å². The summed E-state index contributed by atoms with van der Waals surface area (Å²) in [4.78, 5) is 4.20. The maximum absolute atomic E-state index is 4.49. The van der Waals surface area contributed by atoms with Crippen molar-refractivity contribution in [2.45, 2.75) is 47.2 Å². The molecule has 1 unspecified atom stereocenters. The fourth-order valence-electron chi connectivity index (χ4n) is 1.96. The lowest BCUT2D eigenvalue weighted by atomic mass is 10.2. The molecule has 0 saturated heterocycles. The largest absolute Gasteiger partial charge is 0.356 e. The Bertz CT molecular complexity index is 419. The predicted molar refractivity (Wildman–Crippen MR) is 80.5 cm³/mol. The van der Waals surface area contributed by atoms with Gasteiger partial charge in [-0.1, -0.05) is 6.92 Å². The summed E-state index contributed by atoms with van der Waals surface area (Å²) in [7, 11) is 1.80. The Morgan fingerprint density at radius 1 is 1.37 bits per heavy atom. The summed E-state index contributed by atoms with van der Waals surface area (Å²) in [6, 6.07) is 2.50. The molecule has 0 saturated carbocycles. The summed E-state index contributed by atoms with van der Waals surface area (Å²) < 4.78 is 2.07. The van der Waals surface area contributed by atoms with Crippen molar-refractivity contribution >= 4 is 5.96 Å². The Labute approximate surface area is 116 Å². The summed E-state index contributed by atoms with van der Waals surface area (Å²) in [5.41, 5.74) is 2.30. The molecule has 0 spiro atoms. The first-order valence-corrected chi connectivity index (χ1v) is 6.90. The van der Waals surface area contributed by atoms with Crippen LogP contribution in [0.15, 0.2) is 11.1 Å². The molecule has 108 valence electrons. The summed E-state index contributed by atoms with van der Waals surface area (Å²) in [5, 5.41) is 11.1. The molecule has 5 heteroatoms. The number of aliphatic imine (C=N–C) groups is 1. The smallest absolute Gasteiger partial charge is 0.191 e. The average Bonchev–Trinajstić information content (AvgIpc) is 2.62. The van der Waals surface area contributed by atoms with Crippen molar-refractivity contribution in [3.63, 3.8) is 0 Å². The normalized spacial score (nSPS) is 13.7. The van der Waals surface area contributed by atoms with E-state index in [2.05, 4.69) is 59.2 Å². The molecule has 0 bridgehead atoms. The van der Waals surface area contributed by atoms with E-state index in [4.69, 9.17) is 0 Å². The van der Waals surface area contributed by atoms with Gasteiger partial charge in [0.05, 0.1) is 5.69 Å². The van der Waals surface area contributed by atoms with Crippen molar-refractivity contribution in [3.8, 4) is 0 Å². The van der Waals surface area contributed by atoms with E-state index in [1.54, 1.807) is 7.05 Å². The molecule has 0 aliphatic heterocycles. The maximum atomic E-state index is 4.49. The van der Waals surface area contributed by atoms with Crippen LogP contribution >= 0.6 is 0 Å². The second-order valence-corrected chi connectivity index (χ2v) is 5.47. The quantitative estimate of drug-likeness (QED) is 0.629. The van der Waals surface area contributed by atoms with Crippen LogP contribution in [0.4, 0.5) is 0 Å². The third-order valence-corrected chi connectivity index (χ3v) is 2.85. The summed E-state index contributed by atoms with van der Waals surface area (Å²) in [6.07, 6.45) is 0. The van der Waals surface area contributed by atoms with Crippen LogP contribution in [0, 0.1) is 19.8 Å². The highest BCUT2D eigenvalue weighted by atomic mass is 15.3. The molecule has 1 aromatic rings. The molecule has 1 aromatic heterocycles. The molecule has 0 aromatic carbocycles. The minimum absolute atomic E-state index is 0.387. The van der Waals surface area contributed by atoms with Crippen molar-refractivity contribution in [1.29, 1.82) is 0 Å². The molecule has 19 heavy (non-hydrogen) atoms. The molecule has 0 amide bonds. The van der Waals surface area contributed by atoms with Crippen molar-refractivity contribution < 1.29 is 0 Å². The Balaban J connectivity index is 2.43. The summed E-state index contributed by atoms with van der Waals surface area (Å²) in [5.74, 6) is 1.35. The highest BCUT2D eigenvalue weighted by molar-refractivity contribution is 5.79. The molecule has 5 nitrogen and oxygen atoms in total. The van der Waals surface area contributed by atoms with Gasteiger partial charge in [0.15, 0.2) is 5.96 Å². The molecular formula is C14H27N5. The molecule has 0 aliphatic rings. The second-order valence-electron chi connectivity index (χ2n) is 5.47. The number of hydrogen-bond donors (Lipinski definition) is 2. The molecule has 1 atom stereocenters. The highest BCUT2D eigenvalue weighted by Crippen LogP contribution is 2.05. The lowest BCUT2D eigenvalue weighted by Gasteiger charge is -2.18. The number of rotatable bonds is 5. The lowest BCUT2D eigenvalue weighted by Crippen LogP contribution is -2.43. The zero-order valence-electron chi connectivity index (χ0n) is 13.0. The van der Waals surface area contributed by atoms with Gasteiger partial charge in [-0.3, -0.25) is 9.67 Å². The van der Waals surface area contributed by atoms with Crippen LogP contribution in [0.1, 0.15) is 32.2 Å². The fraction of sp³-hybridized carbons (Fsp3) is 0.714. The number of hydrogen-bond acceptors (Lipinski definition) is 2. The molecule has 0 radical (unpaired) electrons. The van der Waals surface area contributed by atoms with Crippen molar-refractivity contribution in [3.05, 3.63) is 17.5 Å². The average molecular weight is 265 g/mol. The van der Waals surface area contributed by atoms with Crippen LogP contribution in [0.2, 0.25) is 0 Å². The van der Waals surface area contributed by atoms with Crippen LogP contribution in [0.3, 0.4) is 0 Å². The molecule has 0 fully saturated rings. The van der Waals surface area contributed by atoms with Crippen LogP contribution in [0.25, 0.3) is 0 Å². The minimum Gasteiger partial charge on any atom is -0.356 e. The zero-order chi connectivity index (χ0) is 14.4.